The maximum atomic E-state index is 11.2. The molecule has 6 heteroatoms. The van der Waals surface area contributed by atoms with Crippen molar-refractivity contribution in [1.29, 1.82) is 0 Å². The van der Waals surface area contributed by atoms with Gasteiger partial charge in [0.25, 0.3) is 0 Å². The van der Waals surface area contributed by atoms with Crippen LogP contribution < -0.4 is 9.46 Å². The van der Waals surface area contributed by atoms with Gasteiger partial charge in [-0.2, -0.15) is 0 Å². The first-order valence-electron chi connectivity index (χ1n) is 5.61. The quantitative estimate of drug-likeness (QED) is 0.899. The average molecular weight is 285 g/mol. The van der Waals surface area contributed by atoms with Crippen LogP contribution >= 0.6 is 11.8 Å². The third-order valence-corrected chi connectivity index (χ3v) is 4.79. The molecule has 1 aromatic rings. The van der Waals surface area contributed by atoms with Crippen molar-refractivity contribution in [3.05, 3.63) is 36.3 Å². The highest BCUT2D eigenvalue weighted by Crippen LogP contribution is 2.35. The van der Waals surface area contributed by atoms with Crippen LogP contribution in [0.1, 0.15) is 6.42 Å². The lowest BCUT2D eigenvalue weighted by Gasteiger charge is -2.25. The highest BCUT2D eigenvalue weighted by Gasteiger charge is 2.19. The van der Waals surface area contributed by atoms with Crippen molar-refractivity contribution in [2.75, 3.05) is 12.3 Å². The highest BCUT2D eigenvalue weighted by molar-refractivity contribution is 7.99. The molecular formula is C12H15NO3S2. The van der Waals surface area contributed by atoms with Crippen molar-refractivity contribution in [2.45, 2.75) is 17.4 Å². The third kappa shape index (κ3) is 3.51. The second kappa shape index (κ2) is 5.77. The average Bonchev–Trinajstić information content (AvgIpc) is 2.38. The molecule has 0 saturated heterocycles. The Bertz CT molecular complexity index is 528. The summed E-state index contributed by atoms with van der Waals surface area (Å²) in [6, 6.07) is 7.87. The largest absolute Gasteiger partial charge is 0.488 e. The molecule has 0 amide bonds. The van der Waals surface area contributed by atoms with Crippen molar-refractivity contribution >= 4 is 21.8 Å². The van der Waals surface area contributed by atoms with Gasteiger partial charge >= 0.3 is 0 Å². The van der Waals surface area contributed by atoms with Crippen molar-refractivity contribution in [3.63, 3.8) is 0 Å². The summed E-state index contributed by atoms with van der Waals surface area (Å²) in [5, 5.41) is 0.915. The molecule has 1 aromatic carbocycles. The summed E-state index contributed by atoms with van der Waals surface area (Å²) in [5.74, 6) is 1.72. The van der Waals surface area contributed by atoms with Crippen molar-refractivity contribution in [1.82, 2.24) is 4.72 Å². The Morgan fingerprint density at radius 1 is 1.50 bits per heavy atom. The molecule has 0 aliphatic carbocycles. The van der Waals surface area contributed by atoms with E-state index in [1.807, 2.05) is 24.3 Å². The molecule has 2 rings (SSSR count). The van der Waals surface area contributed by atoms with Crippen LogP contribution in [-0.2, 0) is 10.0 Å². The fourth-order valence-corrected chi connectivity index (χ4v) is 3.18. The van der Waals surface area contributed by atoms with Gasteiger partial charge < -0.3 is 4.74 Å². The lowest BCUT2D eigenvalue weighted by atomic mass is 10.2. The Labute approximate surface area is 111 Å². The summed E-state index contributed by atoms with van der Waals surface area (Å²) < 4.78 is 30.6. The Morgan fingerprint density at radius 2 is 2.28 bits per heavy atom. The Morgan fingerprint density at radius 3 is 3.06 bits per heavy atom. The van der Waals surface area contributed by atoms with Crippen LogP contribution in [0.4, 0.5) is 0 Å². The summed E-state index contributed by atoms with van der Waals surface area (Å²) in [6.45, 7) is 3.60. The van der Waals surface area contributed by atoms with E-state index in [0.717, 1.165) is 21.8 Å². The molecule has 0 radical (unpaired) electrons. The van der Waals surface area contributed by atoms with E-state index in [9.17, 15) is 8.42 Å². The van der Waals surface area contributed by atoms with Gasteiger partial charge in [0, 0.05) is 22.6 Å². The zero-order chi connectivity index (χ0) is 13.0. The number of ether oxygens (including phenoxy) is 1. The molecule has 18 heavy (non-hydrogen) atoms. The number of benzene rings is 1. The zero-order valence-corrected chi connectivity index (χ0v) is 11.5. The van der Waals surface area contributed by atoms with E-state index in [1.165, 1.54) is 0 Å². The maximum Gasteiger partial charge on any atom is 0.233 e. The molecule has 0 bridgehead atoms. The molecular weight excluding hydrogens is 270 g/mol. The second-order valence-corrected chi connectivity index (χ2v) is 6.67. The first-order valence-corrected chi connectivity index (χ1v) is 8.14. The second-order valence-electron chi connectivity index (χ2n) is 3.89. The predicted octanol–water partition coefficient (Wildman–Crippen LogP) is 1.99. The third-order valence-electron chi connectivity index (χ3n) is 2.56. The predicted molar refractivity (Wildman–Crippen MR) is 73.3 cm³/mol. The SMILES string of the molecule is C=CS(=O)(=O)NCCC1CSc2ccccc2O1. The summed E-state index contributed by atoms with van der Waals surface area (Å²) in [4.78, 5) is 1.14. The fraction of sp³-hybridized carbons (Fsp3) is 0.333. The van der Waals surface area contributed by atoms with Crippen molar-refractivity contribution in [2.24, 2.45) is 0 Å². The van der Waals surface area contributed by atoms with E-state index in [0.29, 0.717) is 13.0 Å². The molecule has 1 aliphatic rings. The number of hydrogen-bond acceptors (Lipinski definition) is 4. The van der Waals surface area contributed by atoms with E-state index in [4.69, 9.17) is 4.74 Å². The molecule has 1 N–H and O–H groups in total. The van der Waals surface area contributed by atoms with E-state index >= 15 is 0 Å². The smallest absolute Gasteiger partial charge is 0.233 e. The maximum absolute atomic E-state index is 11.2. The Balaban J connectivity index is 1.85. The van der Waals surface area contributed by atoms with Crippen molar-refractivity contribution in [3.8, 4) is 5.75 Å². The number of sulfonamides is 1. The monoisotopic (exact) mass is 285 g/mol. The topological polar surface area (TPSA) is 55.4 Å². The molecule has 1 unspecified atom stereocenters. The first kappa shape index (κ1) is 13.5. The van der Waals surface area contributed by atoms with E-state index < -0.39 is 10.0 Å². The molecule has 98 valence electrons. The molecule has 0 saturated carbocycles. The molecule has 0 fully saturated rings. The zero-order valence-electron chi connectivity index (χ0n) is 9.83. The minimum atomic E-state index is -3.33. The lowest BCUT2D eigenvalue weighted by Crippen LogP contribution is -2.30. The summed E-state index contributed by atoms with van der Waals surface area (Å²) in [6.07, 6.45) is 0.686. The number of para-hydroxylation sites is 1. The summed E-state index contributed by atoms with van der Waals surface area (Å²) in [5.41, 5.74) is 0. The van der Waals surface area contributed by atoms with Gasteiger partial charge in [0.05, 0.1) is 0 Å². The number of fused-ring (bicyclic) bond motifs is 1. The van der Waals surface area contributed by atoms with Crippen LogP contribution in [0.5, 0.6) is 5.75 Å². The molecule has 4 nitrogen and oxygen atoms in total. The highest BCUT2D eigenvalue weighted by atomic mass is 32.2. The Hall–Kier alpha value is -0.980. The van der Waals surface area contributed by atoms with Gasteiger partial charge in [-0.1, -0.05) is 18.7 Å². The van der Waals surface area contributed by atoms with Crippen LogP contribution in [0, 0.1) is 0 Å². The van der Waals surface area contributed by atoms with E-state index in [2.05, 4.69) is 11.3 Å². The minimum Gasteiger partial charge on any atom is -0.488 e. The number of rotatable bonds is 5. The van der Waals surface area contributed by atoms with Crippen LogP contribution in [-0.4, -0.2) is 26.8 Å². The van der Waals surface area contributed by atoms with Crippen LogP contribution in [0.3, 0.4) is 0 Å². The summed E-state index contributed by atoms with van der Waals surface area (Å²) in [7, 11) is -3.33. The van der Waals surface area contributed by atoms with Gasteiger partial charge in [-0.3, -0.25) is 0 Å². The van der Waals surface area contributed by atoms with Gasteiger partial charge in [-0.05, 0) is 18.6 Å². The minimum absolute atomic E-state index is 0.0393. The normalized spacial score (nSPS) is 18.8. The molecule has 0 spiro atoms. The standard InChI is InChI=1S/C12H15NO3S2/c1-2-18(14,15)13-8-7-10-9-17-12-6-4-3-5-11(12)16-10/h2-6,10,13H,1,7-9H2. The first-order chi connectivity index (χ1) is 8.61. The van der Waals surface area contributed by atoms with Gasteiger partial charge in [0.15, 0.2) is 0 Å². The number of hydrogen-bond donors (Lipinski definition) is 1. The molecule has 0 aromatic heterocycles. The van der Waals surface area contributed by atoms with E-state index in [1.54, 1.807) is 11.8 Å². The van der Waals surface area contributed by atoms with Crippen LogP contribution in [0.15, 0.2) is 41.1 Å². The van der Waals surface area contributed by atoms with Gasteiger partial charge in [0.1, 0.15) is 11.9 Å². The number of nitrogens with one attached hydrogen (secondary N) is 1. The fourth-order valence-electron chi connectivity index (χ4n) is 1.63. The van der Waals surface area contributed by atoms with Gasteiger partial charge in [-0.15, -0.1) is 11.8 Å². The Kier molecular flexibility index (Phi) is 4.31. The molecule has 1 atom stereocenters. The van der Waals surface area contributed by atoms with Crippen molar-refractivity contribution < 1.29 is 13.2 Å². The van der Waals surface area contributed by atoms with Crippen LogP contribution in [0.2, 0.25) is 0 Å². The molecule has 1 heterocycles. The van der Waals surface area contributed by atoms with Gasteiger partial charge in [-0.25, -0.2) is 13.1 Å². The lowest BCUT2D eigenvalue weighted by molar-refractivity contribution is 0.207. The van der Waals surface area contributed by atoms with E-state index in [-0.39, 0.29) is 6.10 Å². The van der Waals surface area contributed by atoms with Crippen LogP contribution in [0.25, 0.3) is 0 Å². The number of thioether (sulfide) groups is 1. The summed E-state index contributed by atoms with van der Waals surface area (Å²) >= 11 is 1.74. The molecule has 1 aliphatic heterocycles. The van der Waals surface area contributed by atoms with Gasteiger partial charge in [0.2, 0.25) is 10.0 Å².